The van der Waals surface area contributed by atoms with Crippen LogP contribution in [0, 0.1) is 17.0 Å². The third kappa shape index (κ3) is 5.34. The van der Waals surface area contributed by atoms with Crippen molar-refractivity contribution < 1.29 is 27.4 Å². The van der Waals surface area contributed by atoms with Crippen LogP contribution in [-0.4, -0.2) is 88.8 Å². The number of aromatic nitrogens is 3. The Hall–Kier alpha value is -4.00. The van der Waals surface area contributed by atoms with E-state index in [9.17, 15) is 9.18 Å². The van der Waals surface area contributed by atoms with Gasteiger partial charge in [0.15, 0.2) is 5.82 Å². The fourth-order valence-corrected chi connectivity index (χ4v) is 7.65. The van der Waals surface area contributed by atoms with Crippen molar-refractivity contribution in [1.82, 2.24) is 25.2 Å². The maximum absolute atomic E-state index is 16.8. The average molecular weight is 624 g/mol. The molecule has 3 fully saturated rings. The summed E-state index contributed by atoms with van der Waals surface area (Å²) in [7, 11) is 0. The Balaban J connectivity index is 1.39. The van der Waals surface area contributed by atoms with Gasteiger partial charge in [-0.1, -0.05) is 0 Å². The van der Waals surface area contributed by atoms with Crippen LogP contribution in [0.15, 0.2) is 18.3 Å². The molecule has 0 aliphatic carbocycles. The molecule has 3 aromatic rings. The summed E-state index contributed by atoms with van der Waals surface area (Å²) in [5.41, 5.74) is -0.718. The van der Waals surface area contributed by atoms with E-state index >= 15 is 8.78 Å². The molecule has 0 spiro atoms. The van der Waals surface area contributed by atoms with Crippen LogP contribution in [0.5, 0.6) is 6.01 Å². The predicted molar refractivity (Wildman–Crippen MR) is 162 cm³/mol. The van der Waals surface area contributed by atoms with Crippen molar-refractivity contribution in [1.29, 1.82) is 5.41 Å². The van der Waals surface area contributed by atoms with Crippen LogP contribution in [0.3, 0.4) is 0 Å². The van der Waals surface area contributed by atoms with E-state index in [4.69, 9.17) is 19.9 Å². The zero-order valence-electron chi connectivity index (χ0n) is 25.2. The molecule has 5 aliphatic heterocycles. The zero-order valence-corrected chi connectivity index (χ0v) is 25.2. The Morgan fingerprint density at radius 2 is 2.04 bits per heavy atom. The zero-order chi connectivity index (χ0) is 31.3. The summed E-state index contributed by atoms with van der Waals surface area (Å²) >= 11 is 0. The van der Waals surface area contributed by atoms with Gasteiger partial charge in [-0.25, -0.2) is 18.0 Å². The number of ether oxygens (including phenoxy) is 2. The van der Waals surface area contributed by atoms with Crippen LogP contribution >= 0.6 is 0 Å². The Morgan fingerprint density at radius 1 is 1.20 bits per heavy atom. The number of hydrogen-bond donors (Lipinski definition) is 2. The molecule has 7 heterocycles. The molecule has 1 aromatic carbocycles. The molecule has 2 aromatic heterocycles. The quantitative estimate of drug-likeness (QED) is 0.392. The van der Waals surface area contributed by atoms with Crippen molar-refractivity contribution in [3.8, 4) is 17.3 Å². The largest absolute Gasteiger partial charge is 0.461 e. The molecule has 3 atom stereocenters. The SMILES string of the molecule is C[C@@]12CCCN(C1)c1nc(OC[C@@]34CCCN3C[C@H](F)C4)nc3c(F)c(ncc13)-c1c(C=N)ccc(F)c1CCCOC(=O)N2. The predicted octanol–water partition coefficient (Wildman–Crippen LogP) is 4.95. The van der Waals surface area contributed by atoms with Crippen molar-refractivity contribution >= 4 is 29.0 Å². The number of piperidine rings is 1. The Kier molecular flexibility index (Phi) is 7.53. The van der Waals surface area contributed by atoms with Gasteiger partial charge in [-0.05, 0) is 69.7 Å². The normalized spacial score (nSPS) is 26.9. The summed E-state index contributed by atoms with van der Waals surface area (Å²) in [6, 6.07) is 2.60. The fraction of sp³-hybridized carbons (Fsp3) is 0.531. The number of anilines is 1. The summed E-state index contributed by atoms with van der Waals surface area (Å²) in [4.78, 5) is 30.6. The van der Waals surface area contributed by atoms with Crippen LogP contribution in [0.2, 0.25) is 0 Å². The first-order valence-corrected chi connectivity index (χ1v) is 15.6. The molecule has 3 saturated heterocycles. The van der Waals surface area contributed by atoms with E-state index in [2.05, 4.69) is 20.2 Å². The number of halogens is 3. The second-order valence-corrected chi connectivity index (χ2v) is 13.0. The summed E-state index contributed by atoms with van der Waals surface area (Å²) in [5, 5.41) is 11.3. The summed E-state index contributed by atoms with van der Waals surface area (Å²) < 4.78 is 58.2. The topological polar surface area (TPSA) is 117 Å². The van der Waals surface area contributed by atoms with Crippen LogP contribution in [-0.2, 0) is 11.2 Å². The molecule has 45 heavy (non-hydrogen) atoms. The molecule has 1 amide bonds. The smallest absolute Gasteiger partial charge is 0.407 e. The van der Waals surface area contributed by atoms with E-state index < -0.39 is 35.0 Å². The second-order valence-electron chi connectivity index (χ2n) is 13.0. The van der Waals surface area contributed by atoms with Crippen molar-refractivity contribution in [2.75, 3.05) is 44.3 Å². The minimum Gasteiger partial charge on any atom is -0.461 e. The van der Waals surface area contributed by atoms with Gasteiger partial charge < -0.3 is 25.1 Å². The third-order valence-corrected chi connectivity index (χ3v) is 9.76. The van der Waals surface area contributed by atoms with Gasteiger partial charge in [-0.3, -0.25) is 9.88 Å². The lowest BCUT2D eigenvalue weighted by Crippen LogP contribution is -2.57. The first kappa shape index (κ1) is 29.7. The number of alkyl halides is 1. The Morgan fingerprint density at radius 3 is 2.89 bits per heavy atom. The number of rotatable bonds is 4. The highest BCUT2D eigenvalue weighted by molar-refractivity contribution is 5.95. The number of benzene rings is 1. The Labute approximate surface area is 258 Å². The molecule has 13 heteroatoms. The monoisotopic (exact) mass is 623 g/mol. The Bertz CT molecular complexity index is 1670. The molecule has 5 aliphatic rings. The van der Waals surface area contributed by atoms with Gasteiger partial charge in [0.1, 0.15) is 35.6 Å². The minimum atomic E-state index is -0.936. The lowest BCUT2D eigenvalue weighted by atomic mass is 9.91. The highest BCUT2D eigenvalue weighted by Gasteiger charge is 2.49. The van der Waals surface area contributed by atoms with Crippen LogP contribution < -0.4 is 15.0 Å². The van der Waals surface area contributed by atoms with E-state index in [0.717, 1.165) is 32.0 Å². The van der Waals surface area contributed by atoms with Crippen molar-refractivity contribution in [2.45, 2.75) is 69.1 Å². The highest BCUT2D eigenvalue weighted by atomic mass is 19.1. The van der Waals surface area contributed by atoms with E-state index in [-0.39, 0.29) is 60.0 Å². The maximum atomic E-state index is 16.8. The number of pyridine rings is 1. The van der Waals surface area contributed by atoms with Gasteiger partial charge >= 0.3 is 12.1 Å². The number of carbonyl (C=O) groups excluding carboxylic acids is 1. The van der Waals surface area contributed by atoms with Gasteiger partial charge in [-0.2, -0.15) is 9.97 Å². The first-order valence-electron chi connectivity index (χ1n) is 15.6. The summed E-state index contributed by atoms with van der Waals surface area (Å²) in [6.07, 6.45) is 4.91. The van der Waals surface area contributed by atoms with Gasteiger partial charge in [0.05, 0.1) is 23.1 Å². The number of fused-ring (bicyclic) bond motifs is 7. The van der Waals surface area contributed by atoms with Crippen LogP contribution in [0.1, 0.15) is 56.6 Å². The molecular formula is C32H36F3N7O3. The molecule has 0 unspecified atom stereocenters. The average Bonchev–Trinajstić information content (AvgIpc) is 3.54. The lowest BCUT2D eigenvalue weighted by molar-refractivity contribution is 0.107. The summed E-state index contributed by atoms with van der Waals surface area (Å²) in [5.74, 6) is -0.965. The number of alkyl carbamates (subject to hydrolysis) is 1. The first-order chi connectivity index (χ1) is 21.7. The van der Waals surface area contributed by atoms with Gasteiger partial charge in [0.2, 0.25) is 0 Å². The number of nitrogens with zero attached hydrogens (tertiary/aromatic N) is 5. The minimum absolute atomic E-state index is 0.0270. The molecule has 2 N–H and O–H groups in total. The number of amides is 1. The molecule has 8 rings (SSSR count). The molecular weight excluding hydrogens is 587 g/mol. The third-order valence-electron chi connectivity index (χ3n) is 9.76. The van der Waals surface area contributed by atoms with Crippen LogP contribution in [0.4, 0.5) is 23.8 Å². The molecule has 238 valence electrons. The second kappa shape index (κ2) is 11.4. The van der Waals surface area contributed by atoms with Crippen molar-refractivity contribution in [3.05, 3.63) is 41.1 Å². The van der Waals surface area contributed by atoms with Crippen LogP contribution in [0.25, 0.3) is 22.2 Å². The van der Waals surface area contributed by atoms with E-state index in [1.807, 2.05) is 11.8 Å². The summed E-state index contributed by atoms with van der Waals surface area (Å²) in [6.45, 7) is 4.22. The van der Waals surface area contributed by atoms with Crippen molar-refractivity contribution in [3.63, 3.8) is 0 Å². The molecule has 10 nitrogen and oxygen atoms in total. The number of nitrogens with one attached hydrogen (secondary N) is 2. The van der Waals surface area contributed by atoms with Gasteiger partial charge in [0.25, 0.3) is 0 Å². The number of carbonyl (C=O) groups is 1. The maximum Gasteiger partial charge on any atom is 0.407 e. The lowest BCUT2D eigenvalue weighted by Gasteiger charge is -2.41. The fourth-order valence-electron chi connectivity index (χ4n) is 7.65. The molecule has 0 saturated carbocycles. The number of hydrogen-bond acceptors (Lipinski definition) is 9. The standard InChI is InChI=1S/C32H36F3N7O3/c1-31-8-3-10-41(17-31)28-22-15-37-27(24-19(14-36)6-7-23(34)21(24)5-2-12-44-30(43)40-31)25(35)26(22)38-29(39-28)45-18-32-9-4-11-42(32)16-20(33)13-32/h6-7,14-15,20,36H,2-5,8-13,16-18H2,1H3,(H,40,43)/t20-,31-,32+/m1/s1. The van der Waals surface area contributed by atoms with Crippen molar-refractivity contribution in [2.24, 2.45) is 0 Å². The highest BCUT2D eigenvalue weighted by Crippen LogP contribution is 2.41. The van der Waals surface area contributed by atoms with Gasteiger partial charge in [-0.15, -0.1) is 0 Å². The van der Waals surface area contributed by atoms with E-state index in [1.54, 1.807) is 0 Å². The molecule has 0 radical (unpaired) electrons. The van der Waals surface area contributed by atoms with E-state index in [0.29, 0.717) is 43.7 Å². The van der Waals surface area contributed by atoms with E-state index in [1.165, 1.54) is 18.3 Å². The molecule has 6 bridgehead atoms. The van der Waals surface area contributed by atoms with Gasteiger partial charge in [0, 0.05) is 49.6 Å².